The van der Waals surface area contributed by atoms with Crippen LogP contribution in [0.1, 0.15) is 41.5 Å². The minimum Gasteiger partial charge on any atom is -0.462 e. The Labute approximate surface area is 169 Å². The van der Waals surface area contributed by atoms with E-state index in [9.17, 15) is 24.6 Å². The smallest absolute Gasteiger partial charge is 0.321 e. The highest BCUT2D eigenvalue weighted by molar-refractivity contribution is 6.26. The van der Waals surface area contributed by atoms with E-state index in [-0.39, 0.29) is 0 Å². The van der Waals surface area contributed by atoms with E-state index in [0.717, 1.165) is 0 Å². The molecule has 1 rings (SSSR count). The molecule has 1 fully saturated rings. The fraction of sp³-hybridized carbons (Fsp3) is 0.833. The molecule has 0 radical (unpaired) electrons. The van der Waals surface area contributed by atoms with Crippen LogP contribution in [0.25, 0.3) is 0 Å². The van der Waals surface area contributed by atoms with E-state index in [1.54, 1.807) is 41.5 Å². The lowest BCUT2D eigenvalue weighted by molar-refractivity contribution is -0.295. The van der Waals surface area contributed by atoms with Crippen LogP contribution in [-0.2, 0) is 33.3 Å². The van der Waals surface area contributed by atoms with E-state index in [4.69, 9.17) is 30.5 Å². The molecule has 162 valence electrons. The van der Waals surface area contributed by atoms with Gasteiger partial charge in [-0.3, -0.25) is 14.4 Å². The molecule has 0 unspecified atom stereocenters. The normalized spacial score (nSPS) is 28.4. The van der Waals surface area contributed by atoms with E-state index in [1.165, 1.54) is 0 Å². The molecule has 2 N–H and O–H groups in total. The van der Waals surface area contributed by atoms with Crippen molar-refractivity contribution in [2.45, 2.75) is 72.2 Å². The molecular formula is C18H29ClO9. The Morgan fingerprint density at radius 3 is 1.93 bits per heavy atom. The van der Waals surface area contributed by atoms with Crippen LogP contribution in [0, 0.1) is 10.8 Å². The highest BCUT2D eigenvalue weighted by Gasteiger charge is 2.50. The molecule has 5 atom stereocenters. The average molecular weight is 425 g/mol. The first-order chi connectivity index (χ1) is 12.7. The van der Waals surface area contributed by atoms with Gasteiger partial charge >= 0.3 is 17.9 Å². The molecule has 10 heteroatoms. The van der Waals surface area contributed by atoms with E-state index in [2.05, 4.69) is 0 Å². The quantitative estimate of drug-likeness (QED) is 0.373. The summed E-state index contributed by atoms with van der Waals surface area (Å²) in [5.41, 5.74) is -1.70. The van der Waals surface area contributed by atoms with Crippen molar-refractivity contribution in [2.75, 3.05) is 12.5 Å². The van der Waals surface area contributed by atoms with Crippen molar-refractivity contribution >= 4 is 29.5 Å². The standard InChI is InChI=1S/C18H29ClO9/c1-17(2,3)15(23)25-8-9-11(21)12(28-16(24)18(4,5)6)13(14(22)26-9)27-10(20)7-19/h9,11-14,21-22H,7-8H2,1-6H3/t9-,11+,12+,13-,14-/m1/s1. The summed E-state index contributed by atoms with van der Waals surface area (Å²) in [4.78, 5) is 35.8. The van der Waals surface area contributed by atoms with E-state index in [0.29, 0.717) is 0 Å². The molecule has 9 nitrogen and oxygen atoms in total. The highest BCUT2D eigenvalue weighted by atomic mass is 35.5. The number of rotatable bonds is 5. The molecule has 0 bridgehead atoms. The van der Waals surface area contributed by atoms with Crippen LogP contribution >= 0.6 is 11.6 Å². The number of esters is 3. The number of ether oxygens (including phenoxy) is 4. The third kappa shape index (κ3) is 6.58. The summed E-state index contributed by atoms with van der Waals surface area (Å²) in [5, 5.41) is 20.8. The number of alkyl halides is 1. The Morgan fingerprint density at radius 1 is 0.929 bits per heavy atom. The predicted octanol–water partition coefficient (Wildman–Crippen LogP) is 0.762. The fourth-order valence-corrected chi connectivity index (χ4v) is 2.23. The van der Waals surface area contributed by atoms with Gasteiger partial charge < -0.3 is 29.2 Å². The Morgan fingerprint density at radius 2 is 1.46 bits per heavy atom. The second kappa shape index (κ2) is 9.39. The second-order valence-electron chi connectivity index (χ2n) is 8.61. The van der Waals surface area contributed by atoms with Gasteiger partial charge in [0.05, 0.1) is 10.8 Å². The largest absolute Gasteiger partial charge is 0.462 e. The number of aliphatic hydroxyl groups is 2. The maximum Gasteiger partial charge on any atom is 0.321 e. The summed E-state index contributed by atoms with van der Waals surface area (Å²) in [6.07, 6.45) is -7.41. The van der Waals surface area contributed by atoms with Gasteiger partial charge in [0.25, 0.3) is 0 Å². The van der Waals surface area contributed by atoms with Gasteiger partial charge in [-0.2, -0.15) is 0 Å². The maximum absolute atomic E-state index is 12.3. The van der Waals surface area contributed by atoms with Gasteiger partial charge in [0.1, 0.15) is 24.7 Å². The van der Waals surface area contributed by atoms with E-state index < -0.39 is 71.9 Å². The van der Waals surface area contributed by atoms with Crippen molar-refractivity contribution in [1.82, 2.24) is 0 Å². The summed E-state index contributed by atoms with van der Waals surface area (Å²) in [6.45, 7) is 9.35. The molecule has 0 amide bonds. The van der Waals surface area contributed by atoms with Crippen LogP contribution in [0.3, 0.4) is 0 Å². The predicted molar refractivity (Wildman–Crippen MR) is 97.2 cm³/mol. The van der Waals surface area contributed by atoms with Crippen LogP contribution in [0.2, 0.25) is 0 Å². The van der Waals surface area contributed by atoms with Crippen molar-refractivity contribution < 1.29 is 43.5 Å². The zero-order valence-electron chi connectivity index (χ0n) is 16.9. The molecular weight excluding hydrogens is 396 g/mol. The number of aliphatic hydroxyl groups excluding tert-OH is 2. The molecule has 1 saturated heterocycles. The van der Waals surface area contributed by atoms with Crippen LogP contribution in [0.4, 0.5) is 0 Å². The molecule has 0 aromatic heterocycles. The van der Waals surface area contributed by atoms with Gasteiger partial charge in [-0.15, -0.1) is 11.6 Å². The van der Waals surface area contributed by atoms with Crippen LogP contribution in [0.5, 0.6) is 0 Å². The third-order valence-corrected chi connectivity index (χ3v) is 4.08. The number of hydrogen-bond donors (Lipinski definition) is 2. The number of carbonyl (C=O) groups excluding carboxylic acids is 3. The Balaban J connectivity index is 3.01. The van der Waals surface area contributed by atoms with Gasteiger partial charge in [0, 0.05) is 0 Å². The molecule has 1 aliphatic rings. The van der Waals surface area contributed by atoms with Gasteiger partial charge in [-0.25, -0.2) is 0 Å². The second-order valence-corrected chi connectivity index (χ2v) is 8.88. The lowest BCUT2D eigenvalue weighted by atomic mass is 9.95. The minimum atomic E-state index is -1.73. The molecule has 1 aliphatic heterocycles. The highest BCUT2D eigenvalue weighted by Crippen LogP contribution is 2.28. The molecule has 1 heterocycles. The summed E-state index contributed by atoms with van der Waals surface area (Å²) in [6, 6.07) is 0. The van der Waals surface area contributed by atoms with E-state index in [1.807, 2.05) is 0 Å². The first kappa shape index (κ1) is 24.6. The van der Waals surface area contributed by atoms with Gasteiger partial charge in [0.2, 0.25) is 0 Å². The number of halogens is 1. The van der Waals surface area contributed by atoms with Gasteiger partial charge in [-0.05, 0) is 41.5 Å². The lowest BCUT2D eigenvalue weighted by Crippen LogP contribution is -2.62. The van der Waals surface area contributed by atoms with Crippen LogP contribution < -0.4 is 0 Å². The number of hydrogen-bond acceptors (Lipinski definition) is 9. The zero-order chi connectivity index (χ0) is 21.9. The van der Waals surface area contributed by atoms with Crippen molar-refractivity contribution in [3.63, 3.8) is 0 Å². The third-order valence-electron chi connectivity index (χ3n) is 3.86. The molecule has 0 aromatic carbocycles. The maximum atomic E-state index is 12.3. The monoisotopic (exact) mass is 424 g/mol. The lowest BCUT2D eigenvalue weighted by Gasteiger charge is -2.42. The first-order valence-corrected chi connectivity index (χ1v) is 9.37. The van der Waals surface area contributed by atoms with E-state index >= 15 is 0 Å². The molecule has 0 aromatic rings. The van der Waals surface area contributed by atoms with Gasteiger partial charge in [0.15, 0.2) is 18.5 Å². The summed E-state index contributed by atoms with van der Waals surface area (Å²) < 4.78 is 20.6. The topological polar surface area (TPSA) is 129 Å². The number of carbonyl (C=O) groups is 3. The summed E-state index contributed by atoms with van der Waals surface area (Å²) >= 11 is 5.41. The SMILES string of the molecule is CC(C)(C)C(=O)OC[C@H]1O[C@@H](O)[C@H](OC(=O)CCl)[C@@H](OC(=O)C(C)(C)C)[C@H]1O. The van der Waals surface area contributed by atoms with Crippen molar-refractivity contribution in [1.29, 1.82) is 0 Å². The molecule has 0 spiro atoms. The fourth-order valence-electron chi connectivity index (χ4n) is 2.16. The van der Waals surface area contributed by atoms with Crippen LogP contribution in [0.15, 0.2) is 0 Å². The molecule has 0 aliphatic carbocycles. The molecule has 0 saturated carbocycles. The Bertz CT molecular complexity index is 579. The zero-order valence-corrected chi connectivity index (χ0v) is 17.7. The van der Waals surface area contributed by atoms with Crippen molar-refractivity contribution in [2.24, 2.45) is 10.8 Å². The Kier molecular flexibility index (Phi) is 8.25. The summed E-state index contributed by atoms with van der Waals surface area (Å²) in [7, 11) is 0. The van der Waals surface area contributed by atoms with Gasteiger partial charge in [-0.1, -0.05) is 0 Å². The first-order valence-electron chi connectivity index (χ1n) is 8.84. The van der Waals surface area contributed by atoms with Crippen molar-refractivity contribution in [3.8, 4) is 0 Å². The summed E-state index contributed by atoms with van der Waals surface area (Å²) in [5.74, 6) is -2.64. The Hall–Kier alpha value is -1.42. The van der Waals surface area contributed by atoms with Crippen LogP contribution in [-0.4, -0.2) is 71.3 Å². The van der Waals surface area contributed by atoms with Crippen molar-refractivity contribution in [3.05, 3.63) is 0 Å². The average Bonchev–Trinajstić information content (AvgIpc) is 2.57. The molecule has 28 heavy (non-hydrogen) atoms. The minimum absolute atomic E-state index is 0.395.